The van der Waals surface area contributed by atoms with Gasteiger partial charge in [-0.25, -0.2) is 0 Å². The molecule has 106 valence electrons. The van der Waals surface area contributed by atoms with E-state index < -0.39 is 6.10 Å². The lowest BCUT2D eigenvalue weighted by Crippen LogP contribution is -2.29. The van der Waals surface area contributed by atoms with Gasteiger partial charge in [0.15, 0.2) is 0 Å². The maximum Gasteiger partial charge on any atom is 0.221 e. The highest BCUT2D eigenvalue weighted by Gasteiger charge is 2.10. The van der Waals surface area contributed by atoms with Gasteiger partial charge >= 0.3 is 0 Å². The van der Waals surface area contributed by atoms with Gasteiger partial charge in [-0.05, 0) is 31.5 Å². The van der Waals surface area contributed by atoms with E-state index >= 15 is 0 Å². The van der Waals surface area contributed by atoms with Gasteiger partial charge in [-0.2, -0.15) is 0 Å². The number of hydrogen-bond acceptors (Lipinski definition) is 4. The number of nitrogens with two attached hydrogens (primary N) is 1. The van der Waals surface area contributed by atoms with E-state index in [0.29, 0.717) is 17.9 Å². The summed E-state index contributed by atoms with van der Waals surface area (Å²) in [5.74, 6) is 0.552. The van der Waals surface area contributed by atoms with Crippen molar-refractivity contribution in [3.05, 3.63) is 29.8 Å². The van der Waals surface area contributed by atoms with Crippen molar-refractivity contribution < 1.29 is 14.6 Å². The van der Waals surface area contributed by atoms with E-state index in [0.717, 1.165) is 0 Å². The smallest absolute Gasteiger partial charge is 0.221 e. The monoisotopic (exact) mass is 266 g/mol. The van der Waals surface area contributed by atoms with E-state index in [9.17, 15) is 9.90 Å². The van der Waals surface area contributed by atoms with E-state index in [1.165, 1.54) is 0 Å². The lowest BCUT2D eigenvalue weighted by molar-refractivity contribution is -0.121. The van der Waals surface area contributed by atoms with E-state index in [2.05, 4.69) is 5.32 Å². The molecule has 1 aromatic carbocycles. The first kappa shape index (κ1) is 15.5. The average molecular weight is 266 g/mol. The summed E-state index contributed by atoms with van der Waals surface area (Å²) in [6.07, 6.45) is -0.405. The molecule has 0 aromatic heterocycles. The summed E-state index contributed by atoms with van der Waals surface area (Å²) in [4.78, 5) is 11.3. The molecule has 0 fully saturated rings. The Balaban J connectivity index is 2.56. The minimum Gasteiger partial charge on any atom is -0.491 e. The molecule has 0 aliphatic rings. The molecule has 1 atom stereocenters. The average Bonchev–Trinajstić information content (AvgIpc) is 2.36. The number of amides is 1. The second-order valence-electron chi connectivity index (χ2n) is 4.60. The molecule has 5 heteroatoms. The first-order valence-electron chi connectivity index (χ1n) is 6.44. The van der Waals surface area contributed by atoms with Crippen LogP contribution < -0.4 is 15.8 Å². The Morgan fingerprint density at radius 2 is 2.21 bits per heavy atom. The molecule has 0 aliphatic heterocycles. The Labute approximate surface area is 113 Å². The molecule has 1 unspecified atom stereocenters. The summed E-state index contributed by atoms with van der Waals surface area (Å²) in [6, 6.07) is 7.23. The van der Waals surface area contributed by atoms with Crippen molar-refractivity contribution in [2.45, 2.75) is 32.5 Å². The number of hydrogen-bond donors (Lipinski definition) is 3. The number of carbonyl (C=O) groups excluding carboxylic acids is 1. The summed E-state index contributed by atoms with van der Waals surface area (Å²) in [6.45, 7) is 4.36. The molecule has 1 rings (SSSR count). The third kappa shape index (κ3) is 5.72. The van der Waals surface area contributed by atoms with Crippen molar-refractivity contribution in [2.75, 3.05) is 13.1 Å². The van der Waals surface area contributed by atoms with Gasteiger partial charge in [0.1, 0.15) is 5.75 Å². The van der Waals surface area contributed by atoms with Crippen LogP contribution in [0.15, 0.2) is 24.3 Å². The van der Waals surface area contributed by atoms with E-state index in [4.69, 9.17) is 10.5 Å². The van der Waals surface area contributed by atoms with Crippen molar-refractivity contribution >= 4 is 5.91 Å². The molecule has 1 aromatic rings. The molecule has 0 saturated heterocycles. The van der Waals surface area contributed by atoms with Gasteiger partial charge in [-0.3, -0.25) is 4.79 Å². The predicted molar refractivity (Wildman–Crippen MR) is 73.8 cm³/mol. The number of rotatable bonds is 7. The summed E-state index contributed by atoms with van der Waals surface area (Å²) in [5.41, 5.74) is 5.99. The van der Waals surface area contributed by atoms with Crippen LogP contribution in [0.1, 0.15) is 31.9 Å². The number of ether oxygens (including phenoxy) is 1. The van der Waals surface area contributed by atoms with Gasteiger partial charge in [0.05, 0.1) is 12.2 Å². The molecule has 0 bridgehead atoms. The molecule has 19 heavy (non-hydrogen) atoms. The minimum absolute atomic E-state index is 0.0802. The zero-order valence-electron chi connectivity index (χ0n) is 11.4. The topological polar surface area (TPSA) is 84.6 Å². The first-order valence-corrected chi connectivity index (χ1v) is 6.44. The highest BCUT2D eigenvalue weighted by molar-refractivity contribution is 5.76. The number of benzene rings is 1. The van der Waals surface area contributed by atoms with Crippen LogP contribution >= 0.6 is 0 Å². The number of carbonyl (C=O) groups is 1. The van der Waals surface area contributed by atoms with Gasteiger partial charge in [-0.1, -0.05) is 12.1 Å². The fourth-order valence-corrected chi connectivity index (χ4v) is 1.62. The molecular weight excluding hydrogens is 244 g/mol. The maximum atomic E-state index is 11.3. The summed E-state index contributed by atoms with van der Waals surface area (Å²) in [7, 11) is 0. The maximum absolute atomic E-state index is 11.3. The highest BCUT2D eigenvalue weighted by Crippen LogP contribution is 2.19. The van der Waals surface area contributed by atoms with Gasteiger partial charge in [0, 0.05) is 19.5 Å². The van der Waals surface area contributed by atoms with E-state index in [1.54, 1.807) is 12.1 Å². The van der Waals surface area contributed by atoms with Crippen molar-refractivity contribution in [1.82, 2.24) is 5.32 Å². The van der Waals surface area contributed by atoms with Crippen molar-refractivity contribution in [3.63, 3.8) is 0 Å². The van der Waals surface area contributed by atoms with Gasteiger partial charge in [0.25, 0.3) is 0 Å². The third-order valence-electron chi connectivity index (χ3n) is 2.48. The first-order chi connectivity index (χ1) is 9.02. The Morgan fingerprint density at radius 3 is 2.84 bits per heavy atom. The van der Waals surface area contributed by atoms with Crippen molar-refractivity contribution in [3.8, 4) is 5.75 Å². The van der Waals surface area contributed by atoms with E-state index in [-0.39, 0.29) is 25.0 Å². The lowest BCUT2D eigenvalue weighted by Gasteiger charge is -2.15. The number of aliphatic hydroxyl groups is 1. The number of nitrogens with one attached hydrogen (secondary N) is 1. The largest absolute Gasteiger partial charge is 0.491 e. The molecule has 0 spiro atoms. The van der Waals surface area contributed by atoms with Crippen LogP contribution in [0.3, 0.4) is 0 Å². The zero-order valence-corrected chi connectivity index (χ0v) is 11.4. The molecule has 1 amide bonds. The fraction of sp³-hybridized carbons (Fsp3) is 0.500. The SMILES string of the molecule is CC(C)Oc1cccc(C(O)CNC(=O)CCN)c1. The van der Waals surface area contributed by atoms with Crippen LogP contribution in [0.4, 0.5) is 0 Å². The molecule has 0 radical (unpaired) electrons. The van der Waals surface area contributed by atoms with Crippen LogP contribution in [-0.2, 0) is 4.79 Å². The quantitative estimate of drug-likeness (QED) is 0.686. The molecule has 0 saturated carbocycles. The summed E-state index contributed by atoms with van der Waals surface area (Å²) in [5, 5.41) is 12.6. The second kappa shape index (κ2) is 7.76. The normalized spacial score (nSPS) is 12.3. The van der Waals surface area contributed by atoms with Crippen molar-refractivity contribution in [1.29, 1.82) is 0 Å². The highest BCUT2D eigenvalue weighted by atomic mass is 16.5. The zero-order chi connectivity index (χ0) is 14.3. The molecule has 4 N–H and O–H groups in total. The van der Waals surface area contributed by atoms with Crippen LogP contribution in [-0.4, -0.2) is 30.2 Å². The lowest BCUT2D eigenvalue weighted by atomic mass is 10.1. The third-order valence-corrected chi connectivity index (χ3v) is 2.48. The fourth-order valence-electron chi connectivity index (χ4n) is 1.62. The van der Waals surface area contributed by atoms with Gasteiger partial charge < -0.3 is 20.9 Å². The van der Waals surface area contributed by atoms with Crippen LogP contribution in [0.5, 0.6) is 5.75 Å². The minimum atomic E-state index is -0.752. The Morgan fingerprint density at radius 1 is 1.47 bits per heavy atom. The van der Waals surface area contributed by atoms with Gasteiger partial charge in [0.2, 0.25) is 5.91 Å². The second-order valence-corrected chi connectivity index (χ2v) is 4.60. The molecular formula is C14H22N2O3. The van der Waals surface area contributed by atoms with E-state index in [1.807, 2.05) is 26.0 Å². The van der Waals surface area contributed by atoms with Crippen molar-refractivity contribution in [2.24, 2.45) is 5.73 Å². The van der Waals surface area contributed by atoms with Crippen LogP contribution in [0.2, 0.25) is 0 Å². The molecule has 0 aliphatic carbocycles. The molecule has 5 nitrogen and oxygen atoms in total. The summed E-state index contributed by atoms with van der Waals surface area (Å²) >= 11 is 0. The predicted octanol–water partition coefficient (Wildman–Crippen LogP) is 0.972. The van der Waals surface area contributed by atoms with Crippen LogP contribution in [0, 0.1) is 0 Å². The Hall–Kier alpha value is -1.59. The molecule has 0 heterocycles. The summed E-state index contributed by atoms with van der Waals surface area (Å²) < 4.78 is 5.55. The van der Waals surface area contributed by atoms with Crippen LogP contribution in [0.25, 0.3) is 0 Å². The Bertz CT molecular complexity index is 407. The Kier molecular flexibility index (Phi) is 6.32. The van der Waals surface area contributed by atoms with Gasteiger partial charge in [-0.15, -0.1) is 0 Å². The standard InChI is InChI=1S/C14H22N2O3/c1-10(2)19-12-5-3-4-11(8-12)13(17)9-16-14(18)6-7-15/h3-5,8,10,13,17H,6-7,9,15H2,1-2H3,(H,16,18). The number of aliphatic hydroxyl groups excluding tert-OH is 1.